The molecule has 0 unspecified atom stereocenters. The molecule has 0 spiro atoms. The highest BCUT2D eigenvalue weighted by atomic mass is 79.9. The first kappa shape index (κ1) is 23.1. The molecule has 0 saturated heterocycles. The second-order valence-corrected chi connectivity index (χ2v) is 7.65. The molecular weight excluding hydrogens is 439 g/mol. The van der Waals surface area contributed by atoms with E-state index in [1.165, 1.54) is 74.6 Å². The van der Waals surface area contributed by atoms with Crippen LogP contribution in [0.5, 0.6) is 5.75 Å². The summed E-state index contributed by atoms with van der Waals surface area (Å²) in [5.41, 5.74) is 0.664. The van der Waals surface area contributed by atoms with Crippen molar-refractivity contribution in [3.63, 3.8) is 0 Å². The molecule has 0 radical (unpaired) electrons. The van der Waals surface area contributed by atoms with Gasteiger partial charge in [0.1, 0.15) is 11.6 Å². The van der Waals surface area contributed by atoms with Gasteiger partial charge in [0.2, 0.25) is 0 Å². The van der Waals surface area contributed by atoms with E-state index in [2.05, 4.69) is 22.9 Å². The molecule has 0 aliphatic rings. The van der Waals surface area contributed by atoms with Crippen LogP contribution in [0.15, 0.2) is 46.9 Å². The van der Waals surface area contributed by atoms with Crippen LogP contribution >= 0.6 is 15.9 Å². The lowest BCUT2D eigenvalue weighted by Gasteiger charge is -2.08. The predicted octanol–water partition coefficient (Wildman–Crippen LogP) is 6.71. The van der Waals surface area contributed by atoms with Crippen LogP contribution in [0.25, 0.3) is 0 Å². The minimum absolute atomic E-state index is 0.217. The first-order valence-corrected chi connectivity index (χ1v) is 10.7. The third kappa shape index (κ3) is 7.97. The summed E-state index contributed by atoms with van der Waals surface area (Å²) >= 11 is 3.15. The second-order valence-electron chi connectivity index (χ2n) is 6.80. The Balaban J connectivity index is 1.77. The van der Waals surface area contributed by atoms with Crippen LogP contribution < -0.4 is 4.74 Å². The van der Waals surface area contributed by atoms with E-state index in [9.17, 15) is 14.0 Å². The highest BCUT2D eigenvalue weighted by Gasteiger charge is 2.13. The number of unbranched alkanes of at least 4 members (excludes halogenated alkanes) is 6. The quantitative estimate of drug-likeness (QED) is 0.210. The van der Waals surface area contributed by atoms with Crippen molar-refractivity contribution in [2.75, 3.05) is 6.61 Å². The van der Waals surface area contributed by atoms with Gasteiger partial charge in [0.05, 0.1) is 22.2 Å². The maximum atomic E-state index is 13.1. The SMILES string of the molecule is CCCCCCCCCOC(=O)c1ccc(C(=O)Oc2ccc(F)cc2Br)cc1. The van der Waals surface area contributed by atoms with Crippen molar-refractivity contribution in [1.29, 1.82) is 0 Å². The fourth-order valence-electron chi connectivity index (χ4n) is 2.77. The smallest absolute Gasteiger partial charge is 0.343 e. The predicted molar refractivity (Wildman–Crippen MR) is 114 cm³/mol. The van der Waals surface area contributed by atoms with Crippen molar-refractivity contribution in [1.82, 2.24) is 0 Å². The van der Waals surface area contributed by atoms with E-state index < -0.39 is 17.8 Å². The van der Waals surface area contributed by atoms with Crippen molar-refractivity contribution in [2.45, 2.75) is 51.9 Å². The van der Waals surface area contributed by atoms with E-state index in [0.717, 1.165) is 12.8 Å². The molecule has 0 heterocycles. The molecule has 29 heavy (non-hydrogen) atoms. The maximum Gasteiger partial charge on any atom is 0.343 e. The van der Waals surface area contributed by atoms with Crippen LogP contribution in [-0.4, -0.2) is 18.5 Å². The lowest BCUT2D eigenvalue weighted by Crippen LogP contribution is -2.10. The summed E-state index contributed by atoms with van der Waals surface area (Å²) in [6, 6.07) is 9.86. The number of ether oxygens (including phenoxy) is 2. The van der Waals surface area contributed by atoms with E-state index in [1.807, 2.05) is 0 Å². The number of esters is 2. The normalized spacial score (nSPS) is 10.6. The van der Waals surface area contributed by atoms with Gasteiger partial charge < -0.3 is 9.47 Å². The van der Waals surface area contributed by atoms with E-state index in [0.29, 0.717) is 16.6 Å². The Morgan fingerprint density at radius 1 is 0.862 bits per heavy atom. The molecule has 0 N–H and O–H groups in total. The summed E-state index contributed by atoms with van der Waals surface area (Å²) < 4.78 is 24.0. The second kappa shape index (κ2) is 12.4. The molecule has 0 fully saturated rings. The molecule has 156 valence electrons. The van der Waals surface area contributed by atoms with Crippen molar-refractivity contribution in [2.24, 2.45) is 0 Å². The zero-order valence-corrected chi connectivity index (χ0v) is 18.2. The lowest BCUT2D eigenvalue weighted by molar-refractivity contribution is 0.0497. The molecule has 0 saturated carbocycles. The third-order valence-corrected chi connectivity index (χ3v) is 5.05. The molecule has 0 aromatic heterocycles. The number of benzene rings is 2. The summed E-state index contributed by atoms with van der Waals surface area (Å²) in [5.74, 6) is -1.22. The Labute approximate surface area is 179 Å². The lowest BCUT2D eigenvalue weighted by atomic mass is 10.1. The number of carbonyl (C=O) groups is 2. The van der Waals surface area contributed by atoms with Gasteiger partial charge in [-0.25, -0.2) is 14.0 Å². The van der Waals surface area contributed by atoms with Crippen LogP contribution in [0.2, 0.25) is 0 Å². The summed E-state index contributed by atoms with van der Waals surface area (Å²) in [6.07, 6.45) is 8.09. The van der Waals surface area contributed by atoms with Gasteiger partial charge >= 0.3 is 11.9 Å². The fourth-order valence-corrected chi connectivity index (χ4v) is 3.20. The van der Waals surface area contributed by atoms with Crippen molar-refractivity contribution < 1.29 is 23.5 Å². The molecular formula is C23H26BrFO4. The zero-order chi connectivity index (χ0) is 21.1. The fraction of sp³-hybridized carbons (Fsp3) is 0.391. The van der Waals surface area contributed by atoms with Crippen LogP contribution in [0.1, 0.15) is 72.6 Å². The van der Waals surface area contributed by atoms with Gasteiger partial charge in [-0.15, -0.1) is 0 Å². The van der Waals surface area contributed by atoms with E-state index in [4.69, 9.17) is 9.47 Å². The van der Waals surface area contributed by atoms with Crippen molar-refractivity contribution in [3.05, 3.63) is 63.9 Å². The first-order valence-electron chi connectivity index (χ1n) is 9.95. The molecule has 2 rings (SSSR count). The highest BCUT2D eigenvalue weighted by Crippen LogP contribution is 2.26. The number of halogens is 2. The summed E-state index contributed by atoms with van der Waals surface area (Å²) in [6.45, 7) is 2.59. The molecule has 0 aliphatic carbocycles. The van der Waals surface area contributed by atoms with Gasteiger partial charge in [0.25, 0.3) is 0 Å². The van der Waals surface area contributed by atoms with Crippen LogP contribution in [0, 0.1) is 5.82 Å². The van der Waals surface area contributed by atoms with Crippen molar-refractivity contribution >= 4 is 27.9 Å². The Kier molecular flexibility index (Phi) is 9.84. The number of hydrogen-bond acceptors (Lipinski definition) is 4. The topological polar surface area (TPSA) is 52.6 Å². The minimum Gasteiger partial charge on any atom is -0.462 e. The number of rotatable bonds is 11. The molecule has 0 amide bonds. The standard InChI is InChI=1S/C23H26BrFO4/c1-2-3-4-5-6-7-8-15-28-22(26)17-9-11-18(12-10-17)23(27)29-21-14-13-19(25)16-20(21)24/h9-14,16H,2-8,15H2,1H3. The molecule has 0 aliphatic heterocycles. The monoisotopic (exact) mass is 464 g/mol. The van der Waals surface area contributed by atoms with Crippen LogP contribution in [-0.2, 0) is 4.74 Å². The highest BCUT2D eigenvalue weighted by molar-refractivity contribution is 9.10. The maximum absolute atomic E-state index is 13.1. The Morgan fingerprint density at radius 3 is 2.07 bits per heavy atom. The van der Waals surface area contributed by atoms with Crippen molar-refractivity contribution in [3.8, 4) is 5.75 Å². The van der Waals surface area contributed by atoms with Crippen LogP contribution in [0.4, 0.5) is 4.39 Å². The average molecular weight is 465 g/mol. The van der Waals surface area contributed by atoms with E-state index >= 15 is 0 Å². The molecule has 0 atom stereocenters. The first-order chi connectivity index (χ1) is 14.0. The van der Waals surface area contributed by atoms with Gasteiger partial charge in [0, 0.05) is 0 Å². The van der Waals surface area contributed by atoms with E-state index in [-0.39, 0.29) is 11.3 Å². The largest absolute Gasteiger partial charge is 0.462 e. The molecule has 4 nitrogen and oxygen atoms in total. The molecule has 0 bridgehead atoms. The molecule has 6 heteroatoms. The number of carbonyl (C=O) groups excluding carboxylic acids is 2. The van der Waals surface area contributed by atoms with Gasteiger partial charge in [-0.2, -0.15) is 0 Å². The molecule has 2 aromatic carbocycles. The Bertz CT molecular complexity index is 805. The summed E-state index contributed by atoms with van der Waals surface area (Å²) in [4.78, 5) is 24.3. The average Bonchev–Trinajstić information content (AvgIpc) is 2.72. The molecule has 2 aromatic rings. The minimum atomic E-state index is -0.597. The summed E-state index contributed by atoms with van der Waals surface area (Å²) in [5, 5.41) is 0. The Morgan fingerprint density at radius 2 is 1.45 bits per heavy atom. The summed E-state index contributed by atoms with van der Waals surface area (Å²) in [7, 11) is 0. The van der Waals surface area contributed by atoms with Gasteiger partial charge in [0.15, 0.2) is 0 Å². The van der Waals surface area contributed by atoms with E-state index in [1.54, 1.807) is 0 Å². The Hall–Kier alpha value is -2.21. The van der Waals surface area contributed by atoms with Gasteiger partial charge in [-0.3, -0.25) is 0 Å². The van der Waals surface area contributed by atoms with Crippen LogP contribution in [0.3, 0.4) is 0 Å². The zero-order valence-electron chi connectivity index (χ0n) is 16.6. The number of hydrogen-bond donors (Lipinski definition) is 0. The van der Waals surface area contributed by atoms with Gasteiger partial charge in [-0.1, -0.05) is 45.4 Å². The third-order valence-electron chi connectivity index (χ3n) is 4.43. The van der Waals surface area contributed by atoms with Gasteiger partial charge in [-0.05, 0) is 64.8 Å².